The number of likely N-dealkylation sites (tertiary alicyclic amines) is 1. The number of nitrogens with zero attached hydrogens (tertiary/aromatic N) is 1. The molecule has 2 aliphatic heterocycles. The van der Waals surface area contributed by atoms with Crippen molar-refractivity contribution in [1.29, 1.82) is 0 Å². The summed E-state index contributed by atoms with van der Waals surface area (Å²) in [7, 11) is 0. The molecule has 0 aromatic rings. The molecular formula is C15H27NO3. The molecule has 1 N–H and O–H groups in total. The number of rotatable bonds is 5. The predicted molar refractivity (Wildman–Crippen MR) is 74.2 cm³/mol. The number of carbonyl (C=O) groups is 1. The van der Waals surface area contributed by atoms with Gasteiger partial charge in [0.1, 0.15) is 0 Å². The van der Waals surface area contributed by atoms with Gasteiger partial charge in [0, 0.05) is 19.1 Å². The molecule has 2 aliphatic rings. The van der Waals surface area contributed by atoms with Gasteiger partial charge in [-0.05, 0) is 51.1 Å². The molecule has 2 atom stereocenters. The van der Waals surface area contributed by atoms with Crippen LogP contribution in [-0.4, -0.2) is 47.8 Å². The smallest absolute Gasteiger partial charge is 0.303 e. The largest absolute Gasteiger partial charge is 0.481 e. The van der Waals surface area contributed by atoms with Gasteiger partial charge in [0.05, 0.1) is 6.10 Å². The number of carboxylic acid groups (broad SMARTS) is 1. The second kappa shape index (κ2) is 7.25. The number of hydrogen-bond acceptors (Lipinski definition) is 3. The van der Waals surface area contributed by atoms with Gasteiger partial charge in [0.25, 0.3) is 0 Å². The molecule has 2 fully saturated rings. The highest BCUT2D eigenvalue weighted by Gasteiger charge is 2.30. The van der Waals surface area contributed by atoms with Crippen LogP contribution >= 0.6 is 0 Å². The summed E-state index contributed by atoms with van der Waals surface area (Å²) < 4.78 is 5.81. The van der Waals surface area contributed by atoms with Crippen LogP contribution in [0.25, 0.3) is 0 Å². The molecule has 2 rings (SSSR count). The summed E-state index contributed by atoms with van der Waals surface area (Å²) in [5.74, 6) is -0.257. The topological polar surface area (TPSA) is 49.8 Å². The molecule has 0 spiro atoms. The molecule has 19 heavy (non-hydrogen) atoms. The summed E-state index contributed by atoms with van der Waals surface area (Å²) in [5.41, 5.74) is 0. The van der Waals surface area contributed by atoms with Gasteiger partial charge in [0.2, 0.25) is 0 Å². The molecule has 4 nitrogen and oxygen atoms in total. The summed E-state index contributed by atoms with van der Waals surface area (Å²) >= 11 is 0. The van der Waals surface area contributed by atoms with E-state index in [0.717, 1.165) is 45.4 Å². The minimum Gasteiger partial charge on any atom is -0.481 e. The highest BCUT2D eigenvalue weighted by Crippen LogP contribution is 2.27. The van der Waals surface area contributed by atoms with E-state index < -0.39 is 5.97 Å². The Morgan fingerprint density at radius 1 is 1.32 bits per heavy atom. The molecule has 2 saturated heterocycles. The van der Waals surface area contributed by atoms with Gasteiger partial charge in [-0.25, -0.2) is 0 Å². The standard InChI is InChI=1S/C15H27NO3/c1-2-3-14-11-13(6-9-19-14)16-7-4-12(5-8-16)10-15(17)18/h12-14H,2-11H2,1H3,(H,17,18). The number of carboxylic acids is 1. The lowest BCUT2D eigenvalue weighted by molar-refractivity contribution is -0.138. The average Bonchev–Trinajstić information content (AvgIpc) is 2.40. The molecule has 4 heteroatoms. The maximum absolute atomic E-state index is 10.7. The van der Waals surface area contributed by atoms with Crippen LogP contribution in [0.2, 0.25) is 0 Å². The Morgan fingerprint density at radius 3 is 2.68 bits per heavy atom. The average molecular weight is 269 g/mol. The van der Waals surface area contributed by atoms with Gasteiger partial charge in [-0.15, -0.1) is 0 Å². The lowest BCUT2D eigenvalue weighted by atomic mass is 9.90. The number of hydrogen-bond donors (Lipinski definition) is 1. The first-order valence-electron chi connectivity index (χ1n) is 7.76. The second-order valence-corrected chi connectivity index (χ2v) is 6.04. The van der Waals surface area contributed by atoms with Crippen molar-refractivity contribution in [2.24, 2.45) is 5.92 Å². The minimum atomic E-state index is -0.646. The van der Waals surface area contributed by atoms with Crippen molar-refractivity contribution in [2.45, 2.75) is 64.0 Å². The van der Waals surface area contributed by atoms with Crippen LogP contribution in [0.1, 0.15) is 51.9 Å². The monoisotopic (exact) mass is 269 g/mol. The third-order valence-electron chi connectivity index (χ3n) is 4.58. The lowest BCUT2D eigenvalue weighted by Gasteiger charge is -2.41. The Morgan fingerprint density at radius 2 is 2.05 bits per heavy atom. The molecule has 2 unspecified atom stereocenters. The van der Waals surface area contributed by atoms with Gasteiger partial charge >= 0.3 is 5.97 Å². The van der Waals surface area contributed by atoms with Crippen molar-refractivity contribution in [2.75, 3.05) is 19.7 Å². The first-order valence-corrected chi connectivity index (χ1v) is 7.76. The van der Waals surface area contributed by atoms with E-state index in [1.54, 1.807) is 0 Å². The normalized spacial score (nSPS) is 30.4. The Hall–Kier alpha value is -0.610. The molecule has 0 amide bonds. The van der Waals surface area contributed by atoms with E-state index in [9.17, 15) is 4.79 Å². The second-order valence-electron chi connectivity index (χ2n) is 6.04. The number of piperidine rings is 1. The van der Waals surface area contributed by atoms with Crippen LogP contribution in [0.4, 0.5) is 0 Å². The highest BCUT2D eigenvalue weighted by molar-refractivity contribution is 5.67. The minimum absolute atomic E-state index is 0.347. The fourth-order valence-corrected chi connectivity index (χ4v) is 3.48. The number of aliphatic carboxylic acids is 1. The summed E-state index contributed by atoms with van der Waals surface area (Å²) in [6, 6.07) is 0.663. The van der Waals surface area contributed by atoms with Crippen molar-refractivity contribution in [1.82, 2.24) is 4.90 Å². The molecule has 0 aliphatic carbocycles. The molecule has 0 aromatic heterocycles. The Bertz CT molecular complexity index is 285. The van der Waals surface area contributed by atoms with E-state index in [4.69, 9.17) is 9.84 Å². The van der Waals surface area contributed by atoms with Crippen LogP contribution in [-0.2, 0) is 9.53 Å². The lowest BCUT2D eigenvalue weighted by Crippen LogP contribution is -2.46. The van der Waals surface area contributed by atoms with E-state index in [-0.39, 0.29) is 0 Å². The van der Waals surface area contributed by atoms with Gasteiger partial charge in [-0.2, -0.15) is 0 Å². The first-order chi connectivity index (χ1) is 9.19. The van der Waals surface area contributed by atoms with Gasteiger partial charge in [-0.3, -0.25) is 4.79 Å². The van der Waals surface area contributed by atoms with E-state index in [1.165, 1.54) is 12.8 Å². The van der Waals surface area contributed by atoms with E-state index >= 15 is 0 Å². The van der Waals surface area contributed by atoms with E-state index in [0.29, 0.717) is 24.5 Å². The van der Waals surface area contributed by atoms with Crippen molar-refractivity contribution in [3.8, 4) is 0 Å². The van der Waals surface area contributed by atoms with Crippen molar-refractivity contribution >= 4 is 5.97 Å². The quantitative estimate of drug-likeness (QED) is 0.833. The number of ether oxygens (including phenoxy) is 1. The SMILES string of the molecule is CCCC1CC(N2CCC(CC(=O)O)CC2)CCO1. The summed E-state index contributed by atoms with van der Waals surface area (Å²) in [5, 5.41) is 8.84. The fourth-order valence-electron chi connectivity index (χ4n) is 3.48. The summed E-state index contributed by atoms with van der Waals surface area (Å²) in [6.07, 6.45) is 7.55. The summed E-state index contributed by atoms with van der Waals surface area (Å²) in [4.78, 5) is 13.3. The van der Waals surface area contributed by atoms with Crippen molar-refractivity contribution in [3.63, 3.8) is 0 Å². The van der Waals surface area contributed by atoms with E-state index in [2.05, 4.69) is 11.8 Å². The van der Waals surface area contributed by atoms with Gasteiger partial charge < -0.3 is 14.7 Å². The zero-order valence-electron chi connectivity index (χ0n) is 12.0. The van der Waals surface area contributed by atoms with Crippen LogP contribution in [0.5, 0.6) is 0 Å². The molecule has 0 bridgehead atoms. The zero-order chi connectivity index (χ0) is 13.7. The molecular weight excluding hydrogens is 242 g/mol. The third-order valence-corrected chi connectivity index (χ3v) is 4.58. The van der Waals surface area contributed by atoms with Crippen molar-refractivity contribution < 1.29 is 14.6 Å². The molecule has 0 saturated carbocycles. The molecule has 0 aromatic carbocycles. The fraction of sp³-hybridized carbons (Fsp3) is 0.933. The third kappa shape index (κ3) is 4.46. The Balaban J connectivity index is 1.75. The van der Waals surface area contributed by atoms with Gasteiger partial charge in [-0.1, -0.05) is 13.3 Å². The van der Waals surface area contributed by atoms with E-state index in [1.807, 2.05) is 0 Å². The van der Waals surface area contributed by atoms with Crippen LogP contribution in [0.3, 0.4) is 0 Å². The first kappa shape index (κ1) is 14.8. The highest BCUT2D eigenvalue weighted by atomic mass is 16.5. The maximum atomic E-state index is 10.7. The Labute approximate surface area is 116 Å². The zero-order valence-corrected chi connectivity index (χ0v) is 12.0. The predicted octanol–water partition coefficient (Wildman–Crippen LogP) is 2.52. The van der Waals surface area contributed by atoms with Gasteiger partial charge in [0.15, 0.2) is 0 Å². The maximum Gasteiger partial charge on any atom is 0.303 e. The Kier molecular flexibility index (Phi) is 5.64. The van der Waals surface area contributed by atoms with Crippen LogP contribution in [0.15, 0.2) is 0 Å². The van der Waals surface area contributed by atoms with Crippen LogP contribution < -0.4 is 0 Å². The van der Waals surface area contributed by atoms with Crippen molar-refractivity contribution in [3.05, 3.63) is 0 Å². The van der Waals surface area contributed by atoms with Crippen LogP contribution in [0, 0.1) is 5.92 Å². The summed E-state index contributed by atoms with van der Waals surface area (Å²) in [6.45, 7) is 5.25. The molecule has 2 heterocycles. The molecule has 0 radical (unpaired) electrons. The molecule has 110 valence electrons.